The molecule has 102 valence electrons. The first kappa shape index (κ1) is 15.0. The highest BCUT2D eigenvalue weighted by molar-refractivity contribution is 7.90. The molecule has 0 amide bonds. The van der Waals surface area contributed by atoms with E-state index in [2.05, 4.69) is 13.8 Å². The number of hydrogen-bond acceptors (Lipinski definition) is 3. The van der Waals surface area contributed by atoms with Crippen LogP contribution in [0, 0.1) is 17.3 Å². The Balaban J connectivity index is 2.55. The molecule has 1 fully saturated rings. The Labute approximate surface area is 106 Å². The zero-order chi connectivity index (χ0) is 13.1. The van der Waals surface area contributed by atoms with Crippen LogP contribution in [-0.4, -0.2) is 27.0 Å². The largest absolute Gasteiger partial charge is 0.330 e. The highest BCUT2D eigenvalue weighted by atomic mass is 32.2. The van der Waals surface area contributed by atoms with Crippen molar-refractivity contribution in [3.63, 3.8) is 0 Å². The fourth-order valence-electron chi connectivity index (χ4n) is 2.88. The van der Waals surface area contributed by atoms with Gasteiger partial charge in [-0.3, -0.25) is 0 Å². The van der Waals surface area contributed by atoms with Crippen LogP contribution in [0.5, 0.6) is 0 Å². The van der Waals surface area contributed by atoms with Crippen molar-refractivity contribution >= 4 is 9.84 Å². The van der Waals surface area contributed by atoms with Crippen molar-refractivity contribution in [2.75, 3.05) is 18.6 Å². The SMILES string of the molecule is CC(C)C1CCC(CN)(CCS(C)(=O)=O)CC1. The topological polar surface area (TPSA) is 60.2 Å². The molecule has 0 aromatic heterocycles. The van der Waals surface area contributed by atoms with E-state index >= 15 is 0 Å². The van der Waals surface area contributed by atoms with Gasteiger partial charge in [-0.25, -0.2) is 8.42 Å². The van der Waals surface area contributed by atoms with Crippen LogP contribution in [0.3, 0.4) is 0 Å². The quantitative estimate of drug-likeness (QED) is 0.825. The van der Waals surface area contributed by atoms with Crippen molar-refractivity contribution in [3.05, 3.63) is 0 Å². The van der Waals surface area contributed by atoms with E-state index in [0.29, 0.717) is 6.54 Å². The number of hydrogen-bond donors (Lipinski definition) is 1. The highest BCUT2D eigenvalue weighted by Crippen LogP contribution is 2.43. The smallest absolute Gasteiger partial charge is 0.147 e. The molecule has 3 nitrogen and oxygen atoms in total. The van der Waals surface area contributed by atoms with E-state index in [9.17, 15) is 8.42 Å². The lowest BCUT2D eigenvalue weighted by molar-refractivity contribution is 0.129. The lowest BCUT2D eigenvalue weighted by atomic mass is 9.67. The van der Waals surface area contributed by atoms with Crippen LogP contribution >= 0.6 is 0 Å². The number of nitrogens with two attached hydrogens (primary N) is 1. The van der Waals surface area contributed by atoms with Gasteiger partial charge in [0.2, 0.25) is 0 Å². The third kappa shape index (κ3) is 4.59. The van der Waals surface area contributed by atoms with Crippen LogP contribution in [0.4, 0.5) is 0 Å². The van der Waals surface area contributed by atoms with E-state index in [1.165, 1.54) is 19.1 Å². The highest BCUT2D eigenvalue weighted by Gasteiger charge is 2.35. The van der Waals surface area contributed by atoms with Gasteiger partial charge in [0.15, 0.2) is 0 Å². The van der Waals surface area contributed by atoms with Crippen molar-refractivity contribution < 1.29 is 8.42 Å². The third-order valence-electron chi connectivity index (χ3n) is 4.47. The molecule has 2 N–H and O–H groups in total. The van der Waals surface area contributed by atoms with Gasteiger partial charge in [0.05, 0.1) is 5.75 Å². The summed E-state index contributed by atoms with van der Waals surface area (Å²) in [7, 11) is -2.86. The summed E-state index contributed by atoms with van der Waals surface area (Å²) in [5.41, 5.74) is 5.99. The summed E-state index contributed by atoms with van der Waals surface area (Å²) in [6.07, 6.45) is 6.67. The van der Waals surface area contributed by atoms with Crippen LogP contribution in [0.2, 0.25) is 0 Å². The molecule has 1 aliphatic rings. The lowest BCUT2D eigenvalue weighted by Gasteiger charge is -2.40. The van der Waals surface area contributed by atoms with Gasteiger partial charge in [0.25, 0.3) is 0 Å². The molecule has 0 aromatic rings. The molecule has 1 aliphatic carbocycles. The minimum Gasteiger partial charge on any atom is -0.330 e. The second-order valence-corrected chi connectivity index (χ2v) is 8.43. The van der Waals surface area contributed by atoms with Crippen molar-refractivity contribution in [1.82, 2.24) is 0 Å². The van der Waals surface area contributed by atoms with E-state index in [-0.39, 0.29) is 11.2 Å². The molecule has 0 unspecified atom stereocenters. The van der Waals surface area contributed by atoms with Crippen molar-refractivity contribution in [2.45, 2.75) is 46.0 Å². The molecule has 0 atom stereocenters. The maximum atomic E-state index is 11.3. The van der Waals surface area contributed by atoms with Gasteiger partial charge < -0.3 is 5.73 Å². The first-order valence-electron chi connectivity index (χ1n) is 6.66. The molecule has 17 heavy (non-hydrogen) atoms. The second-order valence-electron chi connectivity index (χ2n) is 6.17. The molecule has 0 radical (unpaired) electrons. The Morgan fingerprint density at radius 3 is 2.18 bits per heavy atom. The minimum atomic E-state index is -2.86. The first-order chi connectivity index (χ1) is 7.78. The third-order valence-corrected chi connectivity index (χ3v) is 5.42. The van der Waals surface area contributed by atoms with Crippen LogP contribution in [0.25, 0.3) is 0 Å². The van der Waals surface area contributed by atoms with Gasteiger partial charge in [-0.2, -0.15) is 0 Å². The van der Waals surface area contributed by atoms with Gasteiger partial charge in [-0.1, -0.05) is 13.8 Å². The maximum Gasteiger partial charge on any atom is 0.147 e. The predicted molar refractivity (Wildman–Crippen MR) is 72.6 cm³/mol. The second kappa shape index (κ2) is 5.70. The number of rotatable bonds is 5. The molecule has 0 aromatic carbocycles. The monoisotopic (exact) mass is 261 g/mol. The zero-order valence-electron chi connectivity index (χ0n) is 11.4. The Morgan fingerprint density at radius 1 is 1.29 bits per heavy atom. The van der Waals surface area contributed by atoms with Crippen LogP contribution in [0.1, 0.15) is 46.0 Å². The molecule has 0 bridgehead atoms. The Hall–Kier alpha value is -0.0900. The summed E-state index contributed by atoms with van der Waals surface area (Å²) in [4.78, 5) is 0. The van der Waals surface area contributed by atoms with Crippen LogP contribution in [0.15, 0.2) is 0 Å². The van der Waals surface area contributed by atoms with E-state index in [1.807, 2.05) is 0 Å². The first-order valence-corrected chi connectivity index (χ1v) is 8.72. The molecule has 1 saturated carbocycles. The molecule has 1 rings (SSSR count). The van der Waals surface area contributed by atoms with E-state index in [4.69, 9.17) is 5.73 Å². The van der Waals surface area contributed by atoms with Crippen LogP contribution in [-0.2, 0) is 9.84 Å². The summed E-state index contributed by atoms with van der Waals surface area (Å²) in [6, 6.07) is 0. The normalized spacial score (nSPS) is 30.8. The minimum absolute atomic E-state index is 0.0917. The molecular formula is C13H27NO2S. The van der Waals surface area contributed by atoms with E-state index < -0.39 is 9.84 Å². The predicted octanol–water partition coefficient (Wildman–Crippen LogP) is 2.21. The summed E-state index contributed by atoms with van der Waals surface area (Å²) < 4.78 is 22.5. The lowest BCUT2D eigenvalue weighted by Crippen LogP contribution is -2.37. The molecule has 0 aliphatic heterocycles. The van der Waals surface area contributed by atoms with Gasteiger partial charge in [0, 0.05) is 6.26 Å². The van der Waals surface area contributed by atoms with Crippen molar-refractivity contribution in [2.24, 2.45) is 23.0 Å². The number of sulfone groups is 1. The van der Waals surface area contributed by atoms with Gasteiger partial charge in [0.1, 0.15) is 9.84 Å². The summed E-state index contributed by atoms with van der Waals surface area (Å²) in [5, 5.41) is 0. The fraction of sp³-hybridized carbons (Fsp3) is 1.00. The summed E-state index contributed by atoms with van der Waals surface area (Å²) in [5.74, 6) is 1.82. The average molecular weight is 261 g/mol. The van der Waals surface area contributed by atoms with Crippen molar-refractivity contribution in [1.29, 1.82) is 0 Å². The Bertz CT molecular complexity index is 327. The average Bonchev–Trinajstić information content (AvgIpc) is 2.26. The molecular weight excluding hydrogens is 234 g/mol. The summed E-state index contributed by atoms with van der Waals surface area (Å²) in [6.45, 7) is 5.18. The van der Waals surface area contributed by atoms with E-state index in [1.54, 1.807) is 0 Å². The summed E-state index contributed by atoms with van der Waals surface area (Å²) >= 11 is 0. The molecule has 0 saturated heterocycles. The van der Waals surface area contributed by atoms with Gasteiger partial charge in [-0.05, 0) is 55.9 Å². The molecule has 0 heterocycles. The standard InChI is InChI=1S/C13H27NO2S/c1-11(2)12-4-6-13(10-14,7-5-12)8-9-17(3,15)16/h11-12H,4-10,14H2,1-3H3. The zero-order valence-corrected chi connectivity index (χ0v) is 12.2. The Kier molecular flexibility index (Phi) is 5.02. The molecule has 4 heteroatoms. The van der Waals surface area contributed by atoms with Gasteiger partial charge >= 0.3 is 0 Å². The van der Waals surface area contributed by atoms with E-state index in [0.717, 1.165) is 31.1 Å². The fourth-order valence-corrected chi connectivity index (χ4v) is 3.68. The van der Waals surface area contributed by atoms with Gasteiger partial charge in [-0.15, -0.1) is 0 Å². The molecule has 0 spiro atoms. The maximum absolute atomic E-state index is 11.3. The van der Waals surface area contributed by atoms with Crippen molar-refractivity contribution in [3.8, 4) is 0 Å². The Morgan fingerprint density at radius 2 is 1.82 bits per heavy atom. The van der Waals surface area contributed by atoms with Crippen LogP contribution < -0.4 is 5.73 Å².